The first-order valence-corrected chi connectivity index (χ1v) is 8.57. The van der Waals surface area contributed by atoms with Crippen molar-refractivity contribution in [2.75, 3.05) is 18.0 Å². The molecule has 0 saturated heterocycles. The van der Waals surface area contributed by atoms with Crippen LogP contribution >= 0.6 is 11.3 Å². The standard InChI is InChI=1S/C15H25N3O2S/c1-3-18(12(2)19)14-17-13(10-21-14)9-16-11-15(20)7-5-4-6-8-15/h10,16,20H,3-9,11H2,1-2H3. The summed E-state index contributed by atoms with van der Waals surface area (Å²) in [5.41, 5.74) is 0.375. The molecule has 1 amide bonds. The lowest BCUT2D eigenvalue weighted by atomic mass is 9.85. The lowest BCUT2D eigenvalue weighted by Crippen LogP contribution is -2.41. The summed E-state index contributed by atoms with van der Waals surface area (Å²) in [6.07, 6.45) is 5.23. The van der Waals surface area contributed by atoms with Gasteiger partial charge in [-0.15, -0.1) is 11.3 Å². The number of rotatable bonds is 6. The molecule has 0 spiro atoms. The number of carbonyl (C=O) groups excluding carboxylic acids is 1. The maximum absolute atomic E-state index is 11.5. The minimum atomic E-state index is -0.550. The molecule has 1 aliphatic carbocycles. The predicted octanol–water partition coefficient (Wildman–Crippen LogP) is 2.30. The van der Waals surface area contributed by atoms with Gasteiger partial charge in [-0.05, 0) is 19.8 Å². The van der Waals surface area contributed by atoms with Gasteiger partial charge in [-0.3, -0.25) is 9.69 Å². The van der Waals surface area contributed by atoms with Gasteiger partial charge in [0.1, 0.15) is 0 Å². The van der Waals surface area contributed by atoms with Gasteiger partial charge in [-0.1, -0.05) is 19.3 Å². The van der Waals surface area contributed by atoms with E-state index < -0.39 is 5.60 Å². The minimum absolute atomic E-state index is 0.0166. The highest BCUT2D eigenvalue weighted by molar-refractivity contribution is 7.14. The summed E-state index contributed by atoms with van der Waals surface area (Å²) >= 11 is 1.49. The number of aliphatic hydroxyl groups is 1. The van der Waals surface area contributed by atoms with E-state index in [4.69, 9.17) is 0 Å². The number of thiazole rings is 1. The lowest BCUT2D eigenvalue weighted by Gasteiger charge is -2.32. The van der Waals surface area contributed by atoms with E-state index in [1.807, 2.05) is 12.3 Å². The van der Waals surface area contributed by atoms with Gasteiger partial charge >= 0.3 is 0 Å². The quantitative estimate of drug-likeness (QED) is 0.846. The van der Waals surface area contributed by atoms with Crippen LogP contribution in [0.25, 0.3) is 0 Å². The molecule has 1 heterocycles. The van der Waals surface area contributed by atoms with Gasteiger partial charge in [0.05, 0.1) is 11.3 Å². The second-order valence-corrected chi connectivity index (χ2v) is 6.61. The molecule has 0 unspecified atom stereocenters. The smallest absolute Gasteiger partial charge is 0.225 e. The number of amides is 1. The summed E-state index contributed by atoms with van der Waals surface area (Å²) in [5.74, 6) is 0.0166. The SMILES string of the molecule is CCN(C(C)=O)c1nc(CNCC2(O)CCCCC2)cs1. The van der Waals surface area contributed by atoms with Crippen LogP contribution in [0.2, 0.25) is 0 Å². The van der Waals surface area contributed by atoms with Crippen LogP contribution in [0, 0.1) is 0 Å². The van der Waals surface area contributed by atoms with Crippen molar-refractivity contribution in [1.82, 2.24) is 10.3 Å². The molecule has 2 N–H and O–H groups in total. The van der Waals surface area contributed by atoms with E-state index in [1.165, 1.54) is 17.8 Å². The van der Waals surface area contributed by atoms with E-state index >= 15 is 0 Å². The summed E-state index contributed by atoms with van der Waals surface area (Å²) in [6, 6.07) is 0. The van der Waals surface area contributed by atoms with Crippen LogP contribution in [-0.4, -0.2) is 34.7 Å². The van der Waals surface area contributed by atoms with Gasteiger partial charge in [0.25, 0.3) is 0 Å². The van der Waals surface area contributed by atoms with Crippen LogP contribution < -0.4 is 10.2 Å². The Morgan fingerprint density at radius 1 is 1.48 bits per heavy atom. The molecule has 0 atom stereocenters. The molecule has 0 aliphatic heterocycles. The van der Waals surface area contributed by atoms with Crippen molar-refractivity contribution in [2.45, 2.75) is 58.1 Å². The predicted molar refractivity (Wildman–Crippen MR) is 85.6 cm³/mol. The van der Waals surface area contributed by atoms with Gasteiger partial charge in [0.2, 0.25) is 5.91 Å². The van der Waals surface area contributed by atoms with Crippen molar-refractivity contribution in [3.63, 3.8) is 0 Å². The third-order valence-corrected chi connectivity index (χ3v) is 4.92. The zero-order valence-corrected chi connectivity index (χ0v) is 13.7. The molecule has 0 radical (unpaired) electrons. The first-order valence-electron chi connectivity index (χ1n) is 7.70. The number of nitrogens with zero attached hydrogens (tertiary/aromatic N) is 2. The molecule has 1 aliphatic rings. The second kappa shape index (κ2) is 7.33. The second-order valence-electron chi connectivity index (χ2n) is 5.77. The van der Waals surface area contributed by atoms with Gasteiger partial charge in [-0.2, -0.15) is 0 Å². The Labute approximate surface area is 130 Å². The molecule has 2 rings (SSSR count). The number of nitrogens with one attached hydrogen (secondary N) is 1. The Bertz CT molecular complexity index is 469. The molecule has 1 aromatic heterocycles. The molecular formula is C15H25N3O2S. The third kappa shape index (κ3) is 4.49. The van der Waals surface area contributed by atoms with E-state index in [0.717, 1.165) is 36.5 Å². The van der Waals surface area contributed by atoms with E-state index in [2.05, 4.69) is 10.3 Å². The van der Waals surface area contributed by atoms with Gasteiger partial charge in [0, 0.05) is 31.9 Å². The number of aromatic nitrogens is 1. The van der Waals surface area contributed by atoms with E-state index in [-0.39, 0.29) is 5.91 Å². The number of carbonyl (C=O) groups is 1. The first-order chi connectivity index (χ1) is 10.0. The van der Waals surface area contributed by atoms with Crippen molar-refractivity contribution < 1.29 is 9.90 Å². The summed E-state index contributed by atoms with van der Waals surface area (Å²) in [6.45, 7) is 5.38. The van der Waals surface area contributed by atoms with Crippen molar-refractivity contribution in [2.24, 2.45) is 0 Å². The Morgan fingerprint density at radius 2 is 2.19 bits per heavy atom. The Kier molecular flexibility index (Phi) is 5.72. The Morgan fingerprint density at radius 3 is 2.81 bits per heavy atom. The van der Waals surface area contributed by atoms with Crippen LogP contribution in [0.15, 0.2) is 5.38 Å². The van der Waals surface area contributed by atoms with Crippen LogP contribution in [0.1, 0.15) is 51.6 Å². The van der Waals surface area contributed by atoms with Gasteiger partial charge in [-0.25, -0.2) is 4.98 Å². The molecule has 0 aromatic carbocycles. The fourth-order valence-corrected chi connectivity index (χ4v) is 3.74. The maximum Gasteiger partial charge on any atom is 0.225 e. The third-order valence-electron chi connectivity index (χ3n) is 4.01. The van der Waals surface area contributed by atoms with Crippen molar-refractivity contribution in [3.8, 4) is 0 Å². The number of hydrogen-bond acceptors (Lipinski definition) is 5. The number of anilines is 1. The molecule has 6 heteroatoms. The van der Waals surface area contributed by atoms with E-state index in [0.29, 0.717) is 19.6 Å². The molecule has 5 nitrogen and oxygen atoms in total. The average molecular weight is 311 g/mol. The van der Waals surface area contributed by atoms with Crippen LogP contribution in [0.5, 0.6) is 0 Å². The molecule has 0 bridgehead atoms. The van der Waals surface area contributed by atoms with Crippen LogP contribution in [-0.2, 0) is 11.3 Å². The summed E-state index contributed by atoms with van der Waals surface area (Å²) < 4.78 is 0. The highest BCUT2D eigenvalue weighted by Crippen LogP contribution is 2.27. The molecule has 1 fully saturated rings. The Hall–Kier alpha value is -0.980. The normalized spacial score (nSPS) is 17.7. The topological polar surface area (TPSA) is 65.5 Å². The van der Waals surface area contributed by atoms with Crippen LogP contribution in [0.3, 0.4) is 0 Å². The van der Waals surface area contributed by atoms with Gasteiger partial charge < -0.3 is 10.4 Å². The van der Waals surface area contributed by atoms with Crippen LogP contribution in [0.4, 0.5) is 5.13 Å². The van der Waals surface area contributed by atoms with Crippen molar-refractivity contribution in [1.29, 1.82) is 0 Å². The fourth-order valence-electron chi connectivity index (χ4n) is 2.80. The highest BCUT2D eigenvalue weighted by Gasteiger charge is 2.28. The Balaban J connectivity index is 1.84. The van der Waals surface area contributed by atoms with Crippen molar-refractivity contribution in [3.05, 3.63) is 11.1 Å². The highest BCUT2D eigenvalue weighted by atomic mass is 32.1. The molecular weight excluding hydrogens is 286 g/mol. The maximum atomic E-state index is 11.5. The van der Waals surface area contributed by atoms with E-state index in [1.54, 1.807) is 11.8 Å². The largest absolute Gasteiger partial charge is 0.389 e. The molecule has 1 saturated carbocycles. The zero-order chi connectivity index (χ0) is 15.3. The lowest BCUT2D eigenvalue weighted by molar-refractivity contribution is -0.116. The molecule has 21 heavy (non-hydrogen) atoms. The zero-order valence-electron chi connectivity index (χ0n) is 12.9. The molecule has 1 aromatic rings. The monoisotopic (exact) mass is 311 g/mol. The summed E-state index contributed by atoms with van der Waals surface area (Å²) in [4.78, 5) is 17.6. The fraction of sp³-hybridized carbons (Fsp3) is 0.733. The summed E-state index contributed by atoms with van der Waals surface area (Å²) in [5, 5.41) is 16.4. The first kappa shape index (κ1) is 16.4. The van der Waals surface area contributed by atoms with Gasteiger partial charge in [0.15, 0.2) is 5.13 Å². The molecule has 118 valence electrons. The van der Waals surface area contributed by atoms with E-state index in [9.17, 15) is 9.90 Å². The number of hydrogen-bond donors (Lipinski definition) is 2. The van der Waals surface area contributed by atoms with Crippen molar-refractivity contribution >= 4 is 22.4 Å². The summed E-state index contributed by atoms with van der Waals surface area (Å²) in [7, 11) is 0. The minimum Gasteiger partial charge on any atom is -0.389 e. The average Bonchev–Trinajstić information content (AvgIpc) is 2.88.